The van der Waals surface area contributed by atoms with E-state index in [2.05, 4.69) is 4.90 Å². The second-order valence-electron chi connectivity index (χ2n) is 7.87. The molecule has 0 unspecified atom stereocenters. The Balaban J connectivity index is 0.00000385. The van der Waals surface area contributed by atoms with Crippen molar-refractivity contribution in [3.63, 3.8) is 0 Å². The third-order valence-electron chi connectivity index (χ3n) is 6.00. The van der Waals surface area contributed by atoms with Crippen LogP contribution in [0.4, 0.5) is 11.4 Å². The molecule has 1 saturated heterocycles. The number of benzene rings is 2. The van der Waals surface area contributed by atoms with Crippen molar-refractivity contribution in [2.24, 2.45) is 0 Å². The molecule has 0 atom stereocenters. The molecule has 0 spiro atoms. The monoisotopic (exact) mass is 477 g/mol. The number of ether oxygens (including phenoxy) is 2. The van der Waals surface area contributed by atoms with Crippen LogP contribution in [0.15, 0.2) is 42.5 Å². The van der Waals surface area contributed by atoms with Gasteiger partial charge in [0.05, 0.1) is 25.2 Å². The van der Waals surface area contributed by atoms with Gasteiger partial charge in [-0.25, -0.2) is 0 Å². The first-order valence-corrected chi connectivity index (χ1v) is 11.0. The smallest absolute Gasteiger partial charge is 0.314 e. The van der Waals surface area contributed by atoms with E-state index in [0.29, 0.717) is 18.6 Å². The number of likely N-dealkylation sites (tertiary alicyclic amines) is 1. The highest BCUT2D eigenvalue weighted by Crippen LogP contribution is 2.35. The molecule has 3 rings (SSSR count). The van der Waals surface area contributed by atoms with Gasteiger partial charge in [-0.3, -0.25) is 14.9 Å². The summed E-state index contributed by atoms with van der Waals surface area (Å²) in [7, 11) is 2.95. The van der Waals surface area contributed by atoms with Crippen LogP contribution < -0.4 is 14.4 Å². The van der Waals surface area contributed by atoms with Crippen LogP contribution in [0.3, 0.4) is 0 Å². The van der Waals surface area contributed by atoms with Crippen LogP contribution in [-0.4, -0.2) is 55.6 Å². The molecular weight excluding hydrogens is 446 g/mol. The summed E-state index contributed by atoms with van der Waals surface area (Å²) >= 11 is 0. The summed E-state index contributed by atoms with van der Waals surface area (Å²) in [6.07, 6.45) is 2.98. The van der Waals surface area contributed by atoms with Crippen molar-refractivity contribution in [3.05, 3.63) is 58.1 Å². The molecule has 9 heteroatoms. The highest BCUT2D eigenvalue weighted by atomic mass is 35.5. The fourth-order valence-electron chi connectivity index (χ4n) is 4.28. The Labute approximate surface area is 201 Å². The number of anilines is 1. The van der Waals surface area contributed by atoms with Gasteiger partial charge in [0.2, 0.25) is 5.91 Å². The average molecular weight is 478 g/mol. The summed E-state index contributed by atoms with van der Waals surface area (Å²) in [6.45, 7) is 4.48. The molecule has 0 aromatic heterocycles. The van der Waals surface area contributed by atoms with E-state index < -0.39 is 4.92 Å². The first kappa shape index (κ1) is 26.4. The summed E-state index contributed by atoms with van der Waals surface area (Å²) in [5.41, 5.74) is 1.74. The normalized spacial score (nSPS) is 14.3. The Kier molecular flexibility index (Phi) is 9.94. The van der Waals surface area contributed by atoms with Crippen LogP contribution >= 0.6 is 12.4 Å². The van der Waals surface area contributed by atoms with Crippen molar-refractivity contribution in [2.75, 3.05) is 38.8 Å². The lowest BCUT2D eigenvalue weighted by Crippen LogP contribution is -2.47. The Hall–Kier alpha value is -2.84. The van der Waals surface area contributed by atoms with Crippen LogP contribution in [0.1, 0.15) is 31.7 Å². The third kappa shape index (κ3) is 6.36. The Bertz CT molecular complexity index is 933. The number of nitro groups is 1. The van der Waals surface area contributed by atoms with Crippen LogP contribution in [0.25, 0.3) is 0 Å². The average Bonchev–Trinajstić information content (AvgIpc) is 2.83. The van der Waals surface area contributed by atoms with E-state index in [4.69, 9.17) is 9.47 Å². The predicted octanol–water partition coefficient (Wildman–Crippen LogP) is 4.48. The number of halogens is 1. The van der Waals surface area contributed by atoms with Crippen molar-refractivity contribution in [2.45, 2.75) is 38.6 Å². The Morgan fingerprint density at radius 3 is 2.30 bits per heavy atom. The fourth-order valence-corrected chi connectivity index (χ4v) is 4.28. The minimum Gasteiger partial charge on any atom is -0.496 e. The second-order valence-corrected chi connectivity index (χ2v) is 7.87. The molecule has 1 amide bonds. The Morgan fingerprint density at radius 1 is 1.12 bits per heavy atom. The molecule has 0 bridgehead atoms. The van der Waals surface area contributed by atoms with Gasteiger partial charge in [-0.1, -0.05) is 25.1 Å². The molecule has 0 N–H and O–H groups in total. The minimum atomic E-state index is -0.466. The van der Waals surface area contributed by atoms with Gasteiger partial charge in [0, 0.05) is 37.8 Å². The van der Waals surface area contributed by atoms with Gasteiger partial charge in [-0.15, -0.1) is 12.4 Å². The molecule has 1 aliphatic heterocycles. The van der Waals surface area contributed by atoms with Gasteiger partial charge < -0.3 is 19.3 Å². The number of carbonyl (C=O) groups is 1. The van der Waals surface area contributed by atoms with Gasteiger partial charge in [-0.05, 0) is 43.0 Å². The highest BCUT2D eigenvalue weighted by molar-refractivity contribution is 5.93. The maximum atomic E-state index is 12.6. The first-order chi connectivity index (χ1) is 15.5. The van der Waals surface area contributed by atoms with E-state index in [0.717, 1.165) is 43.7 Å². The van der Waals surface area contributed by atoms with E-state index in [-0.39, 0.29) is 35.8 Å². The number of hydrogen-bond donors (Lipinski definition) is 0. The zero-order chi connectivity index (χ0) is 23.1. The highest BCUT2D eigenvalue weighted by Gasteiger charge is 2.28. The van der Waals surface area contributed by atoms with Crippen LogP contribution in [0, 0.1) is 10.1 Å². The number of rotatable bonds is 9. The number of nitrogens with zero attached hydrogens (tertiary/aromatic N) is 3. The van der Waals surface area contributed by atoms with E-state index in [1.165, 1.54) is 20.3 Å². The predicted molar refractivity (Wildman–Crippen MR) is 131 cm³/mol. The summed E-state index contributed by atoms with van der Waals surface area (Å²) < 4.78 is 10.6. The molecule has 1 fully saturated rings. The number of amides is 1. The van der Waals surface area contributed by atoms with Gasteiger partial charge >= 0.3 is 5.69 Å². The molecule has 2 aromatic rings. The van der Waals surface area contributed by atoms with Crippen molar-refractivity contribution < 1.29 is 19.2 Å². The van der Waals surface area contributed by atoms with E-state index >= 15 is 0 Å². The number of carbonyl (C=O) groups excluding carboxylic acids is 1. The quantitative estimate of drug-likeness (QED) is 0.391. The molecule has 33 heavy (non-hydrogen) atoms. The van der Waals surface area contributed by atoms with Crippen molar-refractivity contribution in [1.82, 2.24) is 4.90 Å². The summed E-state index contributed by atoms with van der Waals surface area (Å²) in [4.78, 5) is 27.8. The lowest BCUT2D eigenvalue weighted by Gasteiger charge is -2.38. The summed E-state index contributed by atoms with van der Waals surface area (Å²) in [6, 6.07) is 13.2. The number of methoxy groups -OCH3 is 2. The molecular formula is C24H32ClN3O5. The minimum absolute atomic E-state index is 0. The van der Waals surface area contributed by atoms with E-state index in [9.17, 15) is 14.9 Å². The largest absolute Gasteiger partial charge is 0.496 e. The molecule has 1 aliphatic rings. The maximum Gasteiger partial charge on any atom is 0.314 e. The number of nitro benzene ring substituents is 1. The summed E-state index contributed by atoms with van der Waals surface area (Å²) in [5, 5.41) is 11.3. The van der Waals surface area contributed by atoms with Gasteiger partial charge in [0.15, 0.2) is 5.75 Å². The van der Waals surface area contributed by atoms with E-state index in [1.807, 2.05) is 42.2 Å². The van der Waals surface area contributed by atoms with Gasteiger partial charge in [0.25, 0.3) is 0 Å². The second kappa shape index (κ2) is 12.4. The topological polar surface area (TPSA) is 85.2 Å². The van der Waals surface area contributed by atoms with E-state index in [1.54, 1.807) is 6.07 Å². The standard InChI is InChI=1S/C24H31N3O5.ClH/c1-4-24(28)26(19-8-6-5-7-9-19)20-11-14-25(15-12-20)13-10-18-16-23(32-3)21(27(29)30)17-22(18)31-2;/h5-9,16-17,20H,4,10-15H2,1-3H3;1H. The number of para-hydroxylation sites is 1. The third-order valence-corrected chi connectivity index (χ3v) is 6.00. The van der Waals surface area contributed by atoms with Crippen LogP contribution in [-0.2, 0) is 11.2 Å². The van der Waals surface area contributed by atoms with Gasteiger partial charge in [-0.2, -0.15) is 0 Å². The molecule has 180 valence electrons. The molecule has 0 aliphatic carbocycles. The Morgan fingerprint density at radius 2 is 1.76 bits per heavy atom. The molecule has 0 radical (unpaired) electrons. The lowest BCUT2D eigenvalue weighted by atomic mass is 10.0. The molecule has 1 heterocycles. The molecule has 2 aromatic carbocycles. The zero-order valence-electron chi connectivity index (χ0n) is 19.4. The van der Waals surface area contributed by atoms with Gasteiger partial charge in [0.1, 0.15) is 5.75 Å². The summed E-state index contributed by atoms with van der Waals surface area (Å²) in [5.74, 6) is 0.884. The van der Waals surface area contributed by atoms with Crippen LogP contribution in [0.5, 0.6) is 11.5 Å². The van der Waals surface area contributed by atoms with Crippen molar-refractivity contribution in [1.29, 1.82) is 0 Å². The lowest BCUT2D eigenvalue weighted by molar-refractivity contribution is -0.385. The SMILES string of the molecule is CCC(=O)N(c1ccccc1)C1CCN(CCc2cc(OC)c([N+](=O)[O-])cc2OC)CC1.Cl. The number of piperidine rings is 1. The zero-order valence-corrected chi connectivity index (χ0v) is 20.2. The van der Waals surface area contributed by atoms with Crippen molar-refractivity contribution >= 4 is 29.7 Å². The molecule has 8 nitrogen and oxygen atoms in total. The number of hydrogen-bond acceptors (Lipinski definition) is 6. The van der Waals surface area contributed by atoms with Crippen molar-refractivity contribution in [3.8, 4) is 11.5 Å². The molecule has 0 saturated carbocycles. The fraction of sp³-hybridized carbons (Fsp3) is 0.458. The van der Waals surface area contributed by atoms with Crippen LogP contribution in [0.2, 0.25) is 0 Å². The first-order valence-electron chi connectivity index (χ1n) is 11.0. The maximum absolute atomic E-state index is 12.6.